The van der Waals surface area contributed by atoms with Crippen molar-refractivity contribution < 1.29 is 9.18 Å². The monoisotopic (exact) mass is 375 g/mol. The molecule has 1 aliphatic heterocycles. The lowest BCUT2D eigenvalue weighted by molar-refractivity contribution is 0.0730. The Morgan fingerprint density at radius 2 is 2.11 bits per heavy atom. The molecule has 2 aromatic carbocycles. The van der Waals surface area contributed by atoms with Crippen molar-refractivity contribution in [3.05, 3.63) is 78.1 Å². The number of H-pyrrole nitrogens is 1. The number of benzene rings is 2. The number of aromatic amines is 1. The first kappa shape index (κ1) is 16.7. The Morgan fingerprint density at radius 3 is 2.96 bits per heavy atom. The van der Waals surface area contributed by atoms with E-state index < -0.39 is 0 Å². The van der Waals surface area contributed by atoms with Crippen LogP contribution in [0.15, 0.2) is 60.9 Å². The van der Waals surface area contributed by atoms with Crippen LogP contribution in [0.4, 0.5) is 4.39 Å². The third-order valence-electron chi connectivity index (χ3n) is 5.15. The zero-order chi connectivity index (χ0) is 19.1. The Labute approximate surface area is 160 Å². The van der Waals surface area contributed by atoms with E-state index >= 15 is 0 Å². The average molecular weight is 375 g/mol. The topological polar surface area (TPSA) is 66.8 Å². The molecule has 28 heavy (non-hydrogen) atoms. The third-order valence-corrected chi connectivity index (χ3v) is 5.15. The van der Waals surface area contributed by atoms with Crippen molar-refractivity contribution in [2.24, 2.45) is 0 Å². The highest BCUT2D eigenvalue weighted by Crippen LogP contribution is 2.33. The second kappa shape index (κ2) is 6.60. The Balaban J connectivity index is 1.46. The van der Waals surface area contributed by atoms with Crippen molar-refractivity contribution in [1.29, 1.82) is 0 Å². The number of likely N-dealkylation sites (tertiary alicyclic amines) is 1. The highest BCUT2D eigenvalue weighted by atomic mass is 19.1. The second-order valence-electron chi connectivity index (χ2n) is 6.94. The summed E-state index contributed by atoms with van der Waals surface area (Å²) < 4.78 is 15.2. The summed E-state index contributed by atoms with van der Waals surface area (Å²) in [6, 6.07) is 13.6. The molecular formula is C21H18FN5O. The second-order valence-corrected chi connectivity index (χ2v) is 6.94. The van der Waals surface area contributed by atoms with Gasteiger partial charge in [0.05, 0.1) is 22.8 Å². The van der Waals surface area contributed by atoms with Crippen LogP contribution in [0.1, 0.15) is 35.1 Å². The summed E-state index contributed by atoms with van der Waals surface area (Å²) in [7, 11) is 0. The highest BCUT2D eigenvalue weighted by Gasteiger charge is 2.32. The summed E-state index contributed by atoms with van der Waals surface area (Å²) in [5, 5.41) is 4.22. The molecular weight excluding hydrogens is 357 g/mol. The fourth-order valence-corrected chi connectivity index (χ4v) is 3.82. The number of hydrogen-bond donors (Lipinski definition) is 1. The summed E-state index contributed by atoms with van der Waals surface area (Å²) in [5.74, 6) is 0.357. The molecule has 1 saturated heterocycles. The first-order valence-corrected chi connectivity index (χ1v) is 9.25. The lowest BCUT2D eigenvalue weighted by atomic mass is 10.1. The number of amides is 1. The van der Waals surface area contributed by atoms with Gasteiger partial charge in [-0.25, -0.2) is 14.1 Å². The zero-order valence-corrected chi connectivity index (χ0v) is 15.0. The number of carbonyl (C=O) groups excluding carboxylic acids is 1. The SMILES string of the molecule is O=C(c1cccc(-n2cccn2)c1)N1CCCC1c1nc2ccc(F)cc2[nH]1. The fourth-order valence-electron chi connectivity index (χ4n) is 3.82. The van der Waals surface area contributed by atoms with E-state index in [1.165, 1.54) is 12.1 Å². The Bertz CT molecular complexity index is 1150. The molecule has 140 valence electrons. The average Bonchev–Trinajstić information content (AvgIpc) is 3.46. The van der Waals surface area contributed by atoms with Gasteiger partial charge in [-0.3, -0.25) is 4.79 Å². The predicted molar refractivity (Wildman–Crippen MR) is 103 cm³/mol. The van der Waals surface area contributed by atoms with Crippen LogP contribution >= 0.6 is 0 Å². The van der Waals surface area contributed by atoms with Crippen LogP contribution in [0.5, 0.6) is 0 Å². The smallest absolute Gasteiger partial charge is 0.254 e. The van der Waals surface area contributed by atoms with Gasteiger partial charge in [-0.2, -0.15) is 5.10 Å². The molecule has 1 atom stereocenters. The maximum atomic E-state index is 13.5. The fraction of sp³-hybridized carbons (Fsp3) is 0.190. The van der Waals surface area contributed by atoms with Crippen LogP contribution in [0.2, 0.25) is 0 Å². The van der Waals surface area contributed by atoms with Crippen LogP contribution in [-0.2, 0) is 0 Å². The normalized spacial score (nSPS) is 16.8. The van der Waals surface area contributed by atoms with Crippen molar-refractivity contribution in [2.45, 2.75) is 18.9 Å². The molecule has 1 unspecified atom stereocenters. The highest BCUT2D eigenvalue weighted by molar-refractivity contribution is 5.95. The van der Waals surface area contributed by atoms with Crippen LogP contribution in [0, 0.1) is 5.82 Å². The van der Waals surface area contributed by atoms with E-state index in [-0.39, 0.29) is 17.8 Å². The van der Waals surface area contributed by atoms with E-state index in [1.807, 2.05) is 41.4 Å². The largest absolute Gasteiger partial charge is 0.340 e. The van der Waals surface area contributed by atoms with Gasteiger partial charge in [0.2, 0.25) is 0 Å². The Hall–Kier alpha value is -3.48. The minimum atomic E-state index is -0.308. The van der Waals surface area contributed by atoms with Crippen molar-refractivity contribution in [3.8, 4) is 5.69 Å². The van der Waals surface area contributed by atoms with Gasteiger partial charge in [-0.05, 0) is 55.3 Å². The summed E-state index contributed by atoms with van der Waals surface area (Å²) >= 11 is 0. The van der Waals surface area contributed by atoms with Gasteiger partial charge >= 0.3 is 0 Å². The van der Waals surface area contributed by atoms with Crippen LogP contribution in [-0.4, -0.2) is 37.1 Å². The van der Waals surface area contributed by atoms with Gasteiger partial charge in [-0.1, -0.05) is 6.07 Å². The number of halogens is 1. The zero-order valence-electron chi connectivity index (χ0n) is 15.0. The number of aromatic nitrogens is 4. The van der Waals surface area contributed by atoms with Crippen molar-refractivity contribution in [3.63, 3.8) is 0 Å². The minimum absolute atomic E-state index is 0.0388. The molecule has 1 fully saturated rings. The molecule has 1 aliphatic rings. The number of nitrogens with zero attached hydrogens (tertiary/aromatic N) is 4. The number of fused-ring (bicyclic) bond motifs is 1. The van der Waals surface area contributed by atoms with E-state index in [0.29, 0.717) is 29.0 Å². The lowest BCUT2D eigenvalue weighted by Gasteiger charge is -2.23. The van der Waals surface area contributed by atoms with Gasteiger partial charge < -0.3 is 9.88 Å². The van der Waals surface area contributed by atoms with Crippen molar-refractivity contribution in [2.75, 3.05) is 6.54 Å². The van der Waals surface area contributed by atoms with Gasteiger partial charge in [0.25, 0.3) is 5.91 Å². The van der Waals surface area contributed by atoms with Crippen LogP contribution in [0.25, 0.3) is 16.7 Å². The standard InChI is InChI=1S/C21H18FN5O/c22-15-7-8-17-18(13-15)25-20(24-17)19-6-2-10-26(19)21(28)14-4-1-5-16(12-14)27-11-3-9-23-27/h1,3-5,7-9,11-13,19H,2,6,10H2,(H,24,25). The lowest BCUT2D eigenvalue weighted by Crippen LogP contribution is -2.31. The number of carbonyl (C=O) groups is 1. The first-order chi connectivity index (χ1) is 13.7. The van der Waals surface area contributed by atoms with Crippen LogP contribution in [0.3, 0.4) is 0 Å². The maximum absolute atomic E-state index is 13.5. The van der Waals surface area contributed by atoms with Gasteiger partial charge in [0.15, 0.2) is 0 Å². The quantitative estimate of drug-likeness (QED) is 0.591. The third kappa shape index (κ3) is 2.85. The Morgan fingerprint density at radius 1 is 1.18 bits per heavy atom. The van der Waals surface area contributed by atoms with Crippen molar-refractivity contribution in [1.82, 2.24) is 24.6 Å². The summed E-state index contributed by atoms with van der Waals surface area (Å²) in [5.41, 5.74) is 2.80. The molecule has 3 heterocycles. The van der Waals surface area contributed by atoms with Crippen LogP contribution < -0.4 is 0 Å². The van der Waals surface area contributed by atoms with Gasteiger partial charge in [-0.15, -0.1) is 0 Å². The molecule has 0 aliphatic carbocycles. The molecule has 2 aromatic heterocycles. The van der Waals surface area contributed by atoms with E-state index in [9.17, 15) is 9.18 Å². The van der Waals surface area contributed by atoms with E-state index in [1.54, 1.807) is 16.9 Å². The van der Waals surface area contributed by atoms with E-state index in [4.69, 9.17) is 0 Å². The number of nitrogens with one attached hydrogen (secondary N) is 1. The molecule has 1 amide bonds. The molecule has 0 bridgehead atoms. The molecule has 0 spiro atoms. The summed E-state index contributed by atoms with van der Waals surface area (Å²) in [6.45, 7) is 0.668. The summed E-state index contributed by atoms with van der Waals surface area (Å²) in [4.78, 5) is 22.8. The number of hydrogen-bond acceptors (Lipinski definition) is 3. The molecule has 5 rings (SSSR count). The molecule has 0 saturated carbocycles. The maximum Gasteiger partial charge on any atom is 0.254 e. The Kier molecular flexibility index (Phi) is 3.93. The molecule has 1 N–H and O–H groups in total. The van der Waals surface area contributed by atoms with E-state index in [2.05, 4.69) is 15.1 Å². The molecule has 6 nitrogen and oxygen atoms in total. The first-order valence-electron chi connectivity index (χ1n) is 9.25. The summed E-state index contributed by atoms with van der Waals surface area (Å²) in [6.07, 6.45) is 5.28. The molecule has 0 radical (unpaired) electrons. The van der Waals surface area contributed by atoms with Crippen molar-refractivity contribution >= 4 is 16.9 Å². The molecule has 7 heteroatoms. The van der Waals surface area contributed by atoms with Gasteiger partial charge in [0, 0.05) is 24.5 Å². The molecule has 4 aromatic rings. The number of rotatable bonds is 3. The van der Waals surface area contributed by atoms with E-state index in [0.717, 1.165) is 18.5 Å². The predicted octanol–water partition coefficient (Wildman–Crippen LogP) is 3.87. The van der Waals surface area contributed by atoms with Gasteiger partial charge in [0.1, 0.15) is 11.6 Å². The minimum Gasteiger partial charge on any atom is -0.340 e. The number of imidazole rings is 1.